The largest absolute Gasteiger partial charge is 0.323 e. The highest BCUT2D eigenvalue weighted by Crippen LogP contribution is 2.31. The number of fused-ring (bicyclic) bond motifs is 2. The average molecular weight is 472 g/mol. The number of aromatic amines is 2. The fourth-order valence-corrected chi connectivity index (χ4v) is 4.97. The van der Waals surface area contributed by atoms with Gasteiger partial charge in [-0.05, 0) is 48.9 Å². The second-order valence-electron chi connectivity index (χ2n) is 7.10. The van der Waals surface area contributed by atoms with E-state index in [9.17, 15) is 9.59 Å². The zero-order valence-electron chi connectivity index (χ0n) is 16.1. The number of carbonyl (C=O) groups excluding carboxylic acids is 1. The second kappa shape index (κ2) is 7.56. The number of nitrogens with one attached hydrogen (secondary N) is 3. The number of anilines is 1. The second-order valence-corrected chi connectivity index (χ2v) is 8.98. The standard InChI is InChI=1S/C21H15Cl2N5O2S/c1-10-14-8-18(19(29)24-13-4-5-16-17(7-13)26-21(30)25-16)31-20(14)28(27-10)9-11-2-3-12(22)6-15(11)23/h2-8H,9H2,1H3,(H,24,29)(H2,25,26,30). The molecule has 0 fully saturated rings. The first-order valence-electron chi connectivity index (χ1n) is 9.31. The Hall–Kier alpha value is -3.07. The van der Waals surface area contributed by atoms with Crippen LogP contribution in [-0.2, 0) is 6.54 Å². The lowest BCUT2D eigenvalue weighted by molar-refractivity contribution is 0.103. The van der Waals surface area contributed by atoms with Gasteiger partial charge in [0.1, 0.15) is 4.83 Å². The maximum Gasteiger partial charge on any atom is 0.323 e. The zero-order valence-corrected chi connectivity index (χ0v) is 18.5. The van der Waals surface area contributed by atoms with Gasteiger partial charge in [-0.15, -0.1) is 11.3 Å². The molecule has 0 saturated heterocycles. The third kappa shape index (κ3) is 3.74. The lowest BCUT2D eigenvalue weighted by atomic mass is 10.2. The number of rotatable bonds is 4. The minimum atomic E-state index is -0.288. The molecule has 0 radical (unpaired) electrons. The molecule has 5 rings (SSSR count). The summed E-state index contributed by atoms with van der Waals surface area (Å²) in [6.45, 7) is 2.38. The van der Waals surface area contributed by atoms with Crippen molar-refractivity contribution < 1.29 is 4.79 Å². The molecule has 1 amide bonds. The molecule has 0 aliphatic heterocycles. The van der Waals surface area contributed by atoms with E-state index in [1.165, 1.54) is 11.3 Å². The summed E-state index contributed by atoms with van der Waals surface area (Å²) in [4.78, 5) is 31.1. The van der Waals surface area contributed by atoms with Gasteiger partial charge in [-0.2, -0.15) is 5.10 Å². The number of thiophene rings is 1. The van der Waals surface area contributed by atoms with E-state index >= 15 is 0 Å². The normalized spacial score (nSPS) is 11.5. The van der Waals surface area contributed by atoms with Crippen LogP contribution in [0.5, 0.6) is 0 Å². The summed E-state index contributed by atoms with van der Waals surface area (Å²) in [5.74, 6) is -0.228. The van der Waals surface area contributed by atoms with Gasteiger partial charge in [-0.1, -0.05) is 29.3 Å². The van der Waals surface area contributed by atoms with Crippen molar-refractivity contribution in [3.63, 3.8) is 0 Å². The first-order chi connectivity index (χ1) is 14.9. The molecule has 0 spiro atoms. The summed E-state index contributed by atoms with van der Waals surface area (Å²) in [5.41, 5.74) is 3.34. The molecule has 3 aromatic heterocycles. The van der Waals surface area contributed by atoms with Crippen molar-refractivity contribution >= 4 is 67.4 Å². The predicted molar refractivity (Wildman–Crippen MR) is 125 cm³/mol. The van der Waals surface area contributed by atoms with Gasteiger partial charge in [0.25, 0.3) is 5.91 Å². The Morgan fingerprint density at radius 2 is 1.94 bits per heavy atom. The first-order valence-corrected chi connectivity index (χ1v) is 10.9. The van der Waals surface area contributed by atoms with Crippen LogP contribution < -0.4 is 11.0 Å². The van der Waals surface area contributed by atoms with E-state index < -0.39 is 0 Å². The van der Waals surface area contributed by atoms with Crippen LogP contribution in [0.3, 0.4) is 0 Å². The van der Waals surface area contributed by atoms with E-state index in [-0.39, 0.29) is 11.6 Å². The molecule has 2 aromatic carbocycles. The van der Waals surface area contributed by atoms with Gasteiger partial charge in [-0.3, -0.25) is 9.48 Å². The minimum absolute atomic E-state index is 0.228. The number of aromatic nitrogens is 4. The van der Waals surface area contributed by atoms with Crippen molar-refractivity contribution in [2.45, 2.75) is 13.5 Å². The highest BCUT2D eigenvalue weighted by molar-refractivity contribution is 7.20. The van der Waals surface area contributed by atoms with Gasteiger partial charge in [0.15, 0.2) is 0 Å². The summed E-state index contributed by atoms with van der Waals surface area (Å²) < 4.78 is 1.85. The van der Waals surface area contributed by atoms with Crippen LogP contribution in [0, 0.1) is 6.92 Å². The Bertz CT molecular complexity index is 1530. The van der Waals surface area contributed by atoms with Crippen molar-refractivity contribution in [2.75, 3.05) is 5.32 Å². The van der Waals surface area contributed by atoms with Crippen molar-refractivity contribution in [1.82, 2.24) is 19.7 Å². The monoisotopic (exact) mass is 471 g/mol. The van der Waals surface area contributed by atoms with Gasteiger partial charge in [-0.25, -0.2) is 4.79 Å². The van der Waals surface area contributed by atoms with Gasteiger partial charge in [0.05, 0.1) is 28.1 Å². The zero-order chi connectivity index (χ0) is 21.7. The molecule has 0 atom stereocenters. The van der Waals surface area contributed by atoms with E-state index in [0.717, 1.165) is 21.5 Å². The van der Waals surface area contributed by atoms with E-state index in [4.69, 9.17) is 23.2 Å². The molecule has 156 valence electrons. The lowest BCUT2D eigenvalue weighted by Crippen LogP contribution is -2.10. The molecule has 5 aromatic rings. The van der Waals surface area contributed by atoms with E-state index in [0.29, 0.717) is 38.2 Å². The number of imidazole rings is 1. The Kier molecular flexibility index (Phi) is 4.85. The number of H-pyrrole nitrogens is 2. The fourth-order valence-electron chi connectivity index (χ4n) is 3.45. The molecule has 3 heterocycles. The SMILES string of the molecule is Cc1nn(Cc2ccc(Cl)cc2Cl)c2sc(C(=O)Nc3ccc4[nH]c(=O)[nH]c4c3)cc12. The van der Waals surface area contributed by atoms with E-state index in [1.54, 1.807) is 30.3 Å². The number of amides is 1. The molecular formula is C21H15Cl2N5O2S. The molecule has 10 heteroatoms. The third-order valence-corrected chi connectivity index (χ3v) is 6.67. The van der Waals surface area contributed by atoms with Gasteiger partial charge >= 0.3 is 5.69 Å². The molecule has 0 aliphatic carbocycles. The van der Waals surface area contributed by atoms with Crippen LogP contribution >= 0.6 is 34.5 Å². The molecule has 0 bridgehead atoms. The smallest absolute Gasteiger partial charge is 0.321 e. The number of halogens is 2. The molecule has 3 N–H and O–H groups in total. The highest BCUT2D eigenvalue weighted by Gasteiger charge is 2.17. The van der Waals surface area contributed by atoms with Crippen LogP contribution in [0.15, 0.2) is 47.3 Å². The topological polar surface area (TPSA) is 95.6 Å². The number of hydrogen-bond donors (Lipinski definition) is 3. The number of nitrogens with zero attached hydrogens (tertiary/aromatic N) is 2. The Morgan fingerprint density at radius 3 is 2.74 bits per heavy atom. The van der Waals surface area contributed by atoms with E-state index in [1.807, 2.05) is 23.7 Å². The summed E-state index contributed by atoms with van der Waals surface area (Å²) >= 11 is 13.7. The summed E-state index contributed by atoms with van der Waals surface area (Å²) in [6, 6.07) is 12.4. The summed E-state index contributed by atoms with van der Waals surface area (Å²) in [5, 5.41) is 9.55. The van der Waals surface area contributed by atoms with Crippen molar-refractivity contribution in [3.8, 4) is 0 Å². The minimum Gasteiger partial charge on any atom is -0.321 e. The average Bonchev–Trinajstić information content (AvgIpc) is 3.38. The van der Waals surface area contributed by atoms with Gasteiger partial charge < -0.3 is 15.3 Å². The maximum absolute atomic E-state index is 12.8. The van der Waals surface area contributed by atoms with Crippen LogP contribution in [0.4, 0.5) is 5.69 Å². The van der Waals surface area contributed by atoms with E-state index in [2.05, 4.69) is 20.4 Å². The molecule has 7 nitrogen and oxygen atoms in total. The lowest BCUT2D eigenvalue weighted by Gasteiger charge is -2.06. The third-order valence-electron chi connectivity index (χ3n) is 4.94. The Balaban J connectivity index is 1.44. The van der Waals surface area contributed by atoms with Crippen LogP contribution in [0.1, 0.15) is 20.9 Å². The number of hydrogen-bond acceptors (Lipinski definition) is 4. The Labute approximate surface area is 189 Å². The molecule has 0 aliphatic rings. The van der Waals surface area contributed by atoms with Crippen molar-refractivity contribution in [3.05, 3.63) is 79.1 Å². The number of aryl methyl sites for hydroxylation is 1. The van der Waals surface area contributed by atoms with Crippen molar-refractivity contribution in [2.24, 2.45) is 0 Å². The molecule has 0 unspecified atom stereocenters. The molecule has 31 heavy (non-hydrogen) atoms. The quantitative estimate of drug-likeness (QED) is 0.336. The molecular weight excluding hydrogens is 457 g/mol. The van der Waals surface area contributed by atoms with Gasteiger partial charge in [0.2, 0.25) is 0 Å². The summed E-state index contributed by atoms with van der Waals surface area (Å²) in [6.07, 6.45) is 0. The van der Waals surface area contributed by atoms with Crippen LogP contribution in [-0.4, -0.2) is 25.7 Å². The predicted octanol–water partition coefficient (Wildman–Crippen LogP) is 5.18. The van der Waals surface area contributed by atoms with Crippen LogP contribution in [0.25, 0.3) is 21.3 Å². The van der Waals surface area contributed by atoms with Gasteiger partial charge in [0, 0.05) is 21.1 Å². The fraction of sp³-hybridized carbons (Fsp3) is 0.0952. The maximum atomic E-state index is 12.8. The number of carbonyl (C=O) groups is 1. The first kappa shape index (κ1) is 19.9. The van der Waals surface area contributed by atoms with Crippen LogP contribution in [0.2, 0.25) is 10.0 Å². The Morgan fingerprint density at radius 1 is 1.13 bits per heavy atom. The number of benzene rings is 2. The molecule has 0 saturated carbocycles. The highest BCUT2D eigenvalue weighted by atomic mass is 35.5. The summed E-state index contributed by atoms with van der Waals surface area (Å²) in [7, 11) is 0. The van der Waals surface area contributed by atoms with Crippen molar-refractivity contribution in [1.29, 1.82) is 0 Å².